The third-order valence-electron chi connectivity index (χ3n) is 3.54. The first-order chi connectivity index (χ1) is 11.1. The maximum absolute atomic E-state index is 12.6. The minimum Gasteiger partial charge on any atom is -0.298 e. The van der Waals surface area contributed by atoms with Gasteiger partial charge in [0.25, 0.3) is 5.91 Å². The van der Waals surface area contributed by atoms with Crippen LogP contribution in [-0.4, -0.2) is 25.5 Å². The molecular formula is C16H13N5OS. The molecule has 1 amide bonds. The summed E-state index contributed by atoms with van der Waals surface area (Å²) in [6.45, 7) is 3.83. The largest absolute Gasteiger partial charge is 0.298 e. The lowest BCUT2D eigenvalue weighted by Gasteiger charge is -2.02. The van der Waals surface area contributed by atoms with Gasteiger partial charge in [-0.2, -0.15) is 5.10 Å². The average Bonchev–Trinajstić information content (AvgIpc) is 3.10. The molecule has 1 aromatic carbocycles. The molecule has 7 heteroatoms. The van der Waals surface area contributed by atoms with E-state index in [4.69, 9.17) is 0 Å². The first kappa shape index (κ1) is 13.8. The fraction of sp³-hybridized carbons (Fsp3) is 0.125. The molecule has 0 fully saturated rings. The second kappa shape index (κ2) is 5.13. The molecule has 0 spiro atoms. The molecule has 4 rings (SSSR count). The number of thiazole rings is 1. The Labute approximate surface area is 135 Å². The Kier molecular flexibility index (Phi) is 3.09. The molecule has 3 aromatic heterocycles. The highest BCUT2D eigenvalue weighted by atomic mass is 32.1. The lowest BCUT2D eigenvalue weighted by atomic mass is 10.3. The second-order valence-corrected chi connectivity index (χ2v) is 6.30. The molecule has 6 nitrogen and oxygen atoms in total. The van der Waals surface area contributed by atoms with Gasteiger partial charge in [0.15, 0.2) is 10.8 Å². The van der Waals surface area contributed by atoms with Crippen LogP contribution < -0.4 is 5.32 Å². The van der Waals surface area contributed by atoms with Gasteiger partial charge in [-0.05, 0) is 32.0 Å². The number of amides is 1. The van der Waals surface area contributed by atoms with Crippen molar-refractivity contribution < 1.29 is 4.79 Å². The van der Waals surface area contributed by atoms with Crippen LogP contribution in [-0.2, 0) is 0 Å². The summed E-state index contributed by atoms with van der Waals surface area (Å²) in [5.41, 5.74) is 3.66. The Morgan fingerprint density at radius 1 is 1.22 bits per heavy atom. The molecule has 0 saturated heterocycles. The minimum absolute atomic E-state index is 0.253. The smallest absolute Gasteiger partial charge is 0.262 e. The van der Waals surface area contributed by atoms with E-state index in [9.17, 15) is 4.79 Å². The van der Waals surface area contributed by atoms with Crippen LogP contribution in [0.15, 0.2) is 36.5 Å². The molecule has 0 aliphatic heterocycles. The number of benzene rings is 1. The summed E-state index contributed by atoms with van der Waals surface area (Å²) in [6, 6.07) is 9.70. The standard InChI is InChI=1S/C16H13N5OS/c1-9-7-10(2)21-14(18-9)11(8-17-21)15(22)20-16-19-12-5-3-4-6-13(12)23-16/h3-8H,1-2H3,(H,19,20,22). The highest BCUT2D eigenvalue weighted by Crippen LogP contribution is 2.26. The van der Waals surface area contributed by atoms with Crippen LogP contribution in [0, 0.1) is 13.8 Å². The zero-order chi connectivity index (χ0) is 16.0. The number of nitrogens with zero attached hydrogens (tertiary/aromatic N) is 4. The van der Waals surface area contributed by atoms with Crippen molar-refractivity contribution in [2.45, 2.75) is 13.8 Å². The molecule has 0 aliphatic carbocycles. The Bertz CT molecular complexity index is 1020. The third kappa shape index (κ3) is 2.35. The quantitative estimate of drug-likeness (QED) is 0.615. The van der Waals surface area contributed by atoms with Crippen molar-refractivity contribution in [1.29, 1.82) is 0 Å². The van der Waals surface area contributed by atoms with Crippen molar-refractivity contribution in [1.82, 2.24) is 19.6 Å². The van der Waals surface area contributed by atoms with Gasteiger partial charge in [-0.15, -0.1) is 0 Å². The normalized spacial score (nSPS) is 11.2. The summed E-state index contributed by atoms with van der Waals surface area (Å²) >= 11 is 1.44. The molecule has 0 aliphatic rings. The Hall–Kier alpha value is -2.80. The van der Waals surface area contributed by atoms with Crippen LogP contribution in [0.3, 0.4) is 0 Å². The van der Waals surface area contributed by atoms with Crippen molar-refractivity contribution in [3.8, 4) is 0 Å². The van der Waals surface area contributed by atoms with Crippen molar-refractivity contribution in [2.75, 3.05) is 5.32 Å². The first-order valence-corrected chi connectivity index (χ1v) is 7.92. The molecule has 4 aromatic rings. The first-order valence-electron chi connectivity index (χ1n) is 7.11. The number of carbonyl (C=O) groups is 1. The second-order valence-electron chi connectivity index (χ2n) is 5.27. The van der Waals surface area contributed by atoms with Gasteiger partial charge in [-0.25, -0.2) is 14.5 Å². The number of hydrogen-bond acceptors (Lipinski definition) is 5. The molecule has 0 saturated carbocycles. The molecule has 1 N–H and O–H groups in total. The van der Waals surface area contributed by atoms with Gasteiger partial charge in [-0.3, -0.25) is 10.1 Å². The Morgan fingerprint density at radius 2 is 2.04 bits per heavy atom. The fourth-order valence-corrected chi connectivity index (χ4v) is 3.38. The van der Waals surface area contributed by atoms with E-state index in [1.165, 1.54) is 17.5 Å². The lowest BCUT2D eigenvalue weighted by Crippen LogP contribution is -2.12. The summed E-state index contributed by atoms with van der Waals surface area (Å²) in [7, 11) is 0. The van der Waals surface area contributed by atoms with Gasteiger partial charge in [0.1, 0.15) is 5.56 Å². The van der Waals surface area contributed by atoms with Crippen molar-refractivity contribution in [3.63, 3.8) is 0 Å². The summed E-state index contributed by atoms with van der Waals surface area (Å²) in [5.74, 6) is -0.253. The molecule has 3 heterocycles. The predicted octanol–water partition coefficient (Wildman–Crippen LogP) is 3.21. The van der Waals surface area contributed by atoms with Crippen molar-refractivity contribution in [2.24, 2.45) is 0 Å². The molecule has 0 bridgehead atoms. The van der Waals surface area contributed by atoms with Crippen molar-refractivity contribution >= 4 is 38.2 Å². The van der Waals surface area contributed by atoms with Crippen molar-refractivity contribution in [3.05, 3.63) is 53.5 Å². The zero-order valence-corrected chi connectivity index (χ0v) is 13.4. The maximum Gasteiger partial charge on any atom is 0.262 e. The zero-order valence-electron chi connectivity index (χ0n) is 12.6. The number of anilines is 1. The van der Waals surface area contributed by atoms with E-state index >= 15 is 0 Å². The van der Waals surface area contributed by atoms with E-state index in [1.54, 1.807) is 4.52 Å². The Balaban J connectivity index is 1.71. The molecule has 0 unspecified atom stereocenters. The topological polar surface area (TPSA) is 72.2 Å². The number of carbonyl (C=O) groups excluding carboxylic acids is 1. The van der Waals surface area contributed by atoms with E-state index in [0.717, 1.165) is 21.6 Å². The average molecular weight is 323 g/mol. The van der Waals surface area contributed by atoms with Crippen LogP contribution in [0.25, 0.3) is 15.9 Å². The highest BCUT2D eigenvalue weighted by Gasteiger charge is 2.17. The van der Waals surface area contributed by atoms with Crippen LogP contribution in [0.2, 0.25) is 0 Å². The van der Waals surface area contributed by atoms with Crippen LogP contribution in [0.5, 0.6) is 0 Å². The number of aromatic nitrogens is 4. The minimum atomic E-state index is -0.253. The van der Waals surface area contributed by atoms with Gasteiger partial charge < -0.3 is 0 Å². The van der Waals surface area contributed by atoms with Gasteiger partial charge >= 0.3 is 0 Å². The summed E-state index contributed by atoms with van der Waals surface area (Å²) in [6.07, 6.45) is 1.54. The monoisotopic (exact) mass is 323 g/mol. The van der Waals surface area contributed by atoms with Gasteiger partial charge in [0, 0.05) is 11.4 Å². The number of aryl methyl sites for hydroxylation is 2. The van der Waals surface area contributed by atoms with Gasteiger partial charge in [0.05, 0.1) is 16.4 Å². The predicted molar refractivity (Wildman–Crippen MR) is 90.0 cm³/mol. The number of fused-ring (bicyclic) bond motifs is 2. The van der Waals surface area contributed by atoms with Gasteiger partial charge in [0.2, 0.25) is 0 Å². The van der Waals surface area contributed by atoms with Crippen LogP contribution >= 0.6 is 11.3 Å². The summed E-state index contributed by atoms with van der Waals surface area (Å²) < 4.78 is 2.70. The molecule has 114 valence electrons. The molecular weight excluding hydrogens is 310 g/mol. The van der Waals surface area contributed by atoms with E-state index in [2.05, 4.69) is 20.4 Å². The number of hydrogen-bond donors (Lipinski definition) is 1. The van der Waals surface area contributed by atoms with E-state index in [1.807, 2.05) is 44.2 Å². The molecule has 0 radical (unpaired) electrons. The van der Waals surface area contributed by atoms with E-state index in [-0.39, 0.29) is 5.91 Å². The Morgan fingerprint density at radius 3 is 2.87 bits per heavy atom. The fourth-order valence-electron chi connectivity index (χ4n) is 2.52. The van der Waals surface area contributed by atoms with Gasteiger partial charge in [-0.1, -0.05) is 23.5 Å². The SMILES string of the molecule is Cc1cc(C)n2ncc(C(=O)Nc3nc4ccccc4s3)c2n1. The number of nitrogens with one attached hydrogen (secondary N) is 1. The maximum atomic E-state index is 12.6. The summed E-state index contributed by atoms with van der Waals surface area (Å²) in [4.78, 5) is 21.4. The van der Waals surface area contributed by atoms with E-state index in [0.29, 0.717) is 16.3 Å². The van der Waals surface area contributed by atoms with E-state index < -0.39 is 0 Å². The van der Waals surface area contributed by atoms with Crippen LogP contribution in [0.1, 0.15) is 21.7 Å². The number of para-hydroxylation sites is 1. The molecule has 0 atom stereocenters. The summed E-state index contributed by atoms with van der Waals surface area (Å²) in [5, 5.41) is 7.65. The highest BCUT2D eigenvalue weighted by molar-refractivity contribution is 7.22. The third-order valence-corrected chi connectivity index (χ3v) is 4.49. The lowest BCUT2D eigenvalue weighted by molar-refractivity contribution is 0.102. The number of rotatable bonds is 2. The molecule has 23 heavy (non-hydrogen) atoms. The van der Waals surface area contributed by atoms with Crippen LogP contribution in [0.4, 0.5) is 5.13 Å².